The first kappa shape index (κ1) is 16.6. The summed E-state index contributed by atoms with van der Waals surface area (Å²) in [6.45, 7) is 6.44. The zero-order valence-electron chi connectivity index (χ0n) is 12.7. The molecular weight excluding hydrogens is 252 g/mol. The summed E-state index contributed by atoms with van der Waals surface area (Å²) in [6, 6.07) is 7.79. The number of methoxy groups -OCH3 is 1. The Bertz CT molecular complexity index is 442. The van der Waals surface area contributed by atoms with E-state index in [1.807, 2.05) is 45.0 Å². The van der Waals surface area contributed by atoms with Crippen LogP contribution in [0.2, 0.25) is 0 Å². The van der Waals surface area contributed by atoms with Crippen LogP contribution in [0.1, 0.15) is 26.3 Å². The van der Waals surface area contributed by atoms with Crippen LogP contribution in [-0.4, -0.2) is 24.9 Å². The fourth-order valence-electron chi connectivity index (χ4n) is 2.13. The summed E-state index contributed by atoms with van der Waals surface area (Å²) in [7, 11) is 1.65. The van der Waals surface area contributed by atoms with Gasteiger partial charge >= 0.3 is 0 Å². The fourth-order valence-corrected chi connectivity index (χ4v) is 2.13. The van der Waals surface area contributed by atoms with Crippen molar-refractivity contribution >= 4 is 0 Å². The topological polar surface area (TPSA) is 38.7 Å². The Morgan fingerprint density at radius 1 is 1.20 bits per heavy atom. The van der Waals surface area contributed by atoms with Gasteiger partial charge < -0.3 is 14.6 Å². The van der Waals surface area contributed by atoms with Gasteiger partial charge in [0, 0.05) is 18.4 Å². The van der Waals surface area contributed by atoms with Crippen LogP contribution in [0.3, 0.4) is 0 Å². The zero-order chi connectivity index (χ0) is 15.0. The molecule has 3 atom stereocenters. The molecule has 1 N–H and O–H groups in total. The molecular formula is C17H24O3. The lowest BCUT2D eigenvalue weighted by Crippen LogP contribution is -2.30. The van der Waals surface area contributed by atoms with E-state index in [1.54, 1.807) is 7.11 Å². The van der Waals surface area contributed by atoms with Gasteiger partial charge in [0.05, 0.1) is 19.8 Å². The van der Waals surface area contributed by atoms with E-state index in [-0.39, 0.29) is 24.5 Å². The van der Waals surface area contributed by atoms with Crippen molar-refractivity contribution in [1.82, 2.24) is 0 Å². The smallest absolute Gasteiger partial charge is 0.118 e. The highest BCUT2D eigenvalue weighted by atomic mass is 16.5. The molecule has 0 aliphatic rings. The van der Waals surface area contributed by atoms with Crippen molar-refractivity contribution in [3.8, 4) is 17.6 Å². The maximum atomic E-state index is 9.34. The normalized spacial score (nSPS) is 14.8. The minimum Gasteiger partial charge on any atom is -0.497 e. The summed E-state index contributed by atoms with van der Waals surface area (Å²) < 4.78 is 11.1. The summed E-state index contributed by atoms with van der Waals surface area (Å²) in [5, 5.41) is 9.34. The molecule has 1 rings (SSSR count). The summed E-state index contributed by atoms with van der Waals surface area (Å²) in [5.74, 6) is 7.01. The quantitative estimate of drug-likeness (QED) is 0.778. The van der Waals surface area contributed by atoms with Crippen LogP contribution in [0.15, 0.2) is 24.3 Å². The minimum absolute atomic E-state index is 0.0594. The predicted molar refractivity (Wildman–Crippen MR) is 80.4 cm³/mol. The van der Waals surface area contributed by atoms with Gasteiger partial charge in [-0.2, -0.15) is 0 Å². The molecule has 1 aromatic carbocycles. The van der Waals surface area contributed by atoms with Gasteiger partial charge in [0.1, 0.15) is 5.75 Å². The van der Waals surface area contributed by atoms with Gasteiger partial charge in [-0.15, -0.1) is 5.92 Å². The van der Waals surface area contributed by atoms with Gasteiger partial charge in [0.15, 0.2) is 0 Å². The molecule has 20 heavy (non-hydrogen) atoms. The van der Waals surface area contributed by atoms with E-state index in [4.69, 9.17) is 9.47 Å². The number of ether oxygens (including phenoxy) is 2. The number of aliphatic hydroxyl groups is 1. The van der Waals surface area contributed by atoms with Crippen molar-refractivity contribution in [3.63, 3.8) is 0 Å². The van der Waals surface area contributed by atoms with E-state index >= 15 is 0 Å². The second kappa shape index (κ2) is 8.63. The molecule has 0 fully saturated rings. The Kier molecular flexibility index (Phi) is 7.14. The molecule has 0 unspecified atom stereocenters. The number of rotatable bonds is 7. The number of benzene rings is 1. The first-order valence-electron chi connectivity index (χ1n) is 6.90. The molecule has 3 nitrogen and oxygen atoms in total. The molecule has 110 valence electrons. The highest BCUT2D eigenvalue weighted by Crippen LogP contribution is 2.19. The van der Waals surface area contributed by atoms with Gasteiger partial charge in [-0.3, -0.25) is 0 Å². The summed E-state index contributed by atoms with van der Waals surface area (Å²) in [6.07, 6.45) is -0.0745. The molecule has 0 spiro atoms. The van der Waals surface area contributed by atoms with Crippen LogP contribution >= 0.6 is 0 Å². The van der Waals surface area contributed by atoms with E-state index in [0.29, 0.717) is 6.61 Å². The van der Waals surface area contributed by atoms with Crippen molar-refractivity contribution in [1.29, 1.82) is 0 Å². The maximum absolute atomic E-state index is 9.34. The SMILES string of the molecule is CC#C[C@H](C)[C@@H](OCc1ccc(OC)cc1)[C@@H](C)CO. The van der Waals surface area contributed by atoms with Gasteiger partial charge in [0.25, 0.3) is 0 Å². The molecule has 0 aromatic heterocycles. The van der Waals surface area contributed by atoms with Crippen LogP contribution in [-0.2, 0) is 11.3 Å². The average Bonchev–Trinajstić information content (AvgIpc) is 2.48. The lowest BCUT2D eigenvalue weighted by atomic mass is 9.94. The Labute approximate surface area is 121 Å². The van der Waals surface area contributed by atoms with Gasteiger partial charge in [-0.25, -0.2) is 0 Å². The van der Waals surface area contributed by atoms with Crippen molar-refractivity contribution in [2.24, 2.45) is 11.8 Å². The molecule has 3 heteroatoms. The number of hydrogen-bond donors (Lipinski definition) is 1. The van der Waals surface area contributed by atoms with Crippen molar-refractivity contribution in [2.45, 2.75) is 33.5 Å². The third-order valence-electron chi connectivity index (χ3n) is 3.32. The number of hydrogen-bond acceptors (Lipinski definition) is 3. The van der Waals surface area contributed by atoms with Crippen LogP contribution in [0.5, 0.6) is 5.75 Å². The Balaban J connectivity index is 2.66. The molecule has 0 bridgehead atoms. The molecule has 0 saturated heterocycles. The van der Waals surface area contributed by atoms with E-state index in [0.717, 1.165) is 11.3 Å². The molecule has 0 amide bonds. The largest absolute Gasteiger partial charge is 0.497 e. The molecule has 0 aliphatic heterocycles. The second-order valence-corrected chi connectivity index (χ2v) is 4.97. The minimum atomic E-state index is -0.0745. The summed E-state index contributed by atoms with van der Waals surface area (Å²) in [5.41, 5.74) is 1.08. The second-order valence-electron chi connectivity index (χ2n) is 4.97. The van der Waals surface area contributed by atoms with Crippen LogP contribution in [0, 0.1) is 23.7 Å². The third kappa shape index (κ3) is 4.88. The summed E-state index contributed by atoms with van der Waals surface area (Å²) in [4.78, 5) is 0. The molecule has 0 radical (unpaired) electrons. The van der Waals surface area contributed by atoms with Crippen LogP contribution < -0.4 is 4.74 Å². The first-order valence-corrected chi connectivity index (χ1v) is 6.90. The molecule has 1 aromatic rings. The maximum Gasteiger partial charge on any atom is 0.118 e. The third-order valence-corrected chi connectivity index (χ3v) is 3.32. The predicted octanol–water partition coefficient (Wildman–Crippen LogP) is 2.87. The lowest BCUT2D eigenvalue weighted by Gasteiger charge is -2.26. The van der Waals surface area contributed by atoms with Gasteiger partial charge in [-0.05, 0) is 31.5 Å². The highest BCUT2D eigenvalue weighted by molar-refractivity contribution is 5.26. The molecule has 0 saturated carbocycles. The fraction of sp³-hybridized carbons (Fsp3) is 0.529. The van der Waals surface area contributed by atoms with E-state index in [2.05, 4.69) is 11.8 Å². The standard InChI is InChI=1S/C17H24O3/c1-5-6-13(2)17(14(3)11-18)20-12-15-7-9-16(19-4)10-8-15/h7-10,13-14,17-18H,11-12H2,1-4H3/t13-,14-,17+/m0/s1. The van der Waals surface area contributed by atoms with E-state index in [1.165, 1.54) is 0 Å². The first-order chi connectivity index (χ1) is 9.62. The Hall–Kier alpha value is -1.50. The molecule has 0 heterocycles. The van der Waals surface area contributed by atoms with E-state index in [9.17, 15) is 5.11 Å². The van der Waals surface area contributed by atoms with Crippen LogP contribution in [0.25, 0.3) is 0 Å². The van der Waals surface area contributed by atoms with E-state index < -0.39 is 0 Å². The van der Waals surface area contributed by atoms with Gasteiger partial charge in [0.2, 0.25) is 0 Å². The number of aliphatic hydroxyl groups excluding tert-OH is 1. The Morgan fingerprint density at radius 3 is 2.35 bits per heavy atom. The lowest BCUT2D eigenvalue weighted by molar-refractivity contribution is -0.0288. The summed E-state index contributed by atoms with van der Waals surface area (Å²) >= 11 is 0. The van der Waals surface area contributed by atoms with Crippen molar-refractivity contribution in [2.75, 3.05) is 13.7 Å². The zero-order valence-corrected chi connectivity index (χ0v) is 12.7. The van der Waals surface area contributed by atoms with Crippen molar-refractivity contribution < 1.29 is 14.6 Å². The average molecular weight is 276 g/mol. The highest BCUT2D eigenvalue weighted by Gasteiger charge is 2.22. The monoisotopic (exact) mass is 276 g/mol. The van der Waals surface area contributed by atoms with Gasteiger partial charge in [-0.1, -0.05) is 25.0 Å². The van der Waals surface area contributed by atoms with Crippen LogP contribution in [0.4, 0.5) is 0 Å². The molecule has 0 aliphatic carbocycles. The Morgan fingerprint density at radius 2 is 1.85 bits per heavy atom. The van der Waals surface area contributed by atoms with Crippen molar-refractivity contribution in [3.05, 3.63) is 29.8 Å².